The average molecular weight is 232 g/mol. The summed E-state index contributed by atoms with van der Waals surface area (Å²) < 4.78 is 11.1. The fourth-order valence-electron chi connectivity index (χ4n) is 2.04. The van der Waals surface area contributed by atoms with Gasteiger partial charge in [-0.1, -0.05) is 0 Å². The standard InChI is InChI=1S/C12H12N2O3/c1-6-4-8-12(17-10(5-13)16-8)7-2-3-9(15)14-11(6)7/h2-4,10H,5,13H2,1H3,(H,14,15). The molecule has 0 bridgehead atoms. The summed E-state index contributed by atoms with van der Waals surface area (Å²) in [5.41, 5.74) is 7.10. The minimum atomic E-state index is -0.443. The fraction of sp³-hybridized carbons (Fsp3) is 0.250. The van der Waals surface area contributed by atoms with Crippen molar-refractivity contribution in [3.8, 4) is 11.5 Å². The lowest BCUT2D eigenvalue weighted by Gasteiger charge is -2.06. The molecule has 17 heavy (non-hydrogen) atoms. The molecule has 1 aliphatic heterocycles. The van der Waals surface area contributed by atoms with Crippen LogP contribution in [0.4, 0.5) is 0 Å². The first-order valence-corrected chi connectivity index (χ1v) is 5.39. The second kappa shape index (κ2) is 3.49. The van der Waals surface area contributed by atoms with Gasteiger partial charge in [0.1, 0.15) is 0 Å². The molecule has 5 heteroatoms. The van der Waals surface area contributed by atoms with Crippen LogP contribution in [0.2, 0.25) is 0 Å². The Hall–Kier alpha value is -2.01. The molecule has 2 aromatic rings. The van der Waals surface area contributed by atoms with Crippen LogP contribution in [-0.2, 0) is 0 Å². The number of nitrogens with one attached hydrogen (secondary N) is 1. The molecule has 0 saturated carbocycles. The van der Waals surface area contributed by atoms with Crippen LogP contribution >= 0.6 is 0 Å². The summed E-state index contributed by atoms with van der Waals surface area (Å²) in [5, 5.41) is 0.843. The molecule has 2 heterocycles. The maximum Gasteiger partial charge on any atom is 0.253 e. The van der Waals surface area contributed by atoms with Crippen LogP contribution in [0.25, 0.3) is 10.9 Å². The van der Waals surface area contributed by atoms with E-state index in [4.69, 9.17) is 15.2 Å². The van der Waals surface area contributed by atoms with E-state index in [0.29, 0.717) is 18.0 Å². The number of pyridine rings is 1. The molecule has 0 fully saturated rings. The van der Waals surface area contributed by atoms with Gasteiger partial charge in [-0.05, 0) is 24.6 Å². The lowest BCUT2D eigenvalue weighted by atomic mass is 10.1. The van der Waals surface area contributed by atoms with Gasteiger partial charge in [0.15, 0.2) is 11.5 Å². The van der Waals surface area contributed by atoms with Crippen molar-refractivity contribution < 1.29 is 9.47 Å². The van der Waals surface area contributed by atoms with Gasteiger partial charge in [0.05, 0.1) is 12.1 Å². The number of nitrogens with two attached hydrogens (primary N) is 1. The molecular weight excluding hydrogens is 220 g/mol. The summed E-state index contributed by atoms with van der Waals surface area (Å²) in [6.07, 6.45) is -0.443. The first kappa shape index (κ1) is 10.2. The van der Waals surface area contributed by atoms with Gasteiger partial charge in [0, 0.05) is 11.5 Å². The lowest BCUT2D eigenvalue weighted by molar-refractivity contribution is 0.0587. The molecule has 5 nitrogen and oxygen atoms in total. The molecule has 0 amide bonds. The maximum atomic E-state index is 11.3. The van der Waals surface area contributed by atoms with Crippen molar-refractivity contribution in [2.75, 3.05) is 6.54 Å². The van der Waals surface area contributed by atoms with Gasteiger partial charge in [0.25, 0.3) is 6.29 Å². The van der Waals surface area contributed by atoms with E-state index in [1.54, 1.807) is 6.07 Å². The molecule has 1 aromatic heterocycles. The quantitative estimate of drug-likeness (QED) is 0.765. The van der Waals surface area contributed by atoms with Crippen LogP contribution in [0, 0.1) is 6.92 Å². The van der Waals surface area contributed by atoms with Crippen molar-refractivity contribution in [1.82, 2.24) is 4.98 Å². The molecule has 1 aliphatic rings. The van der Waals surface area contributed by atoms with Crippen LogP contribution in [0.15, 0.2) is 23.0 Å². The van der Waals surface area contributed by atoms with Crippen molar-refractivity contribution in [3.63, 3.8) is 0 Å². The maximum absolute atomic E-state index is 11.3. The zero-order chi connectivity index (χ0) is 12.0. The monoisotopic (exact) mass is 232 g/mol. The van der Waals surface area contributed by atoms with Gasteiger partial charge in [-0.3, -0.25) is 4.79 Å². The van der Waals surface area contributed by atoms with Gasteiger partial charge < -0.3 is 20.2 Å². The van der Waals surface area contributed by atoms with E-state index in [0.717, 1.165) is 16.5 Å². The minimum Gasteiger partial charge on any atom is -0.450 e. The van der Waals surface area contributed by atoms with Gasteiger partial charge in [0.2, 0.25) is 5.56 Å². The fourth-order valence-corrected chi connectivity index (χ4v) is 2.04. The SMILES string of the molecule is Cc1cc2c(c3ccc(=O)[nH]c13)OC(CN)O2. The summed E-state index contributed by atoms with van der Waals surface area (Å²) in [4.78, 5) is 14.1. The number of rotatable bonds is 1. The van der Waals surface area contributed by atoms with E-state index >= 15 is 0 Å². The lowest BCUT2D eigenvalue weighted by Crippen LogP contribution is -2.27. The van der Waals surface area contributed by atoms with Crippen LogP contribution in [0.3, 0.4) is 0 Å². The molecule has 0 spiro atoms. The number of fused-ring (bicyclic) bond motifs is 3. The molecule has 1 atom stereocenters. The Morgan fingerprint density at radius 3 is 3.00 bits per heavy atom. The third-order valence-electron chi connectivity index (χ3n) is 2.83. The number of aromatic amines is 1. The van der Waals surface area contributed by atoms with E-state index in [-0.39, 0.29) is 5.56 Å². The molecule has 3 rings (SSSR count). The van der Waals surface area contributed by atoms with Crippen molar-refractivity contribution in [2.45, 2.75) is 13.2 Å². The third-order valence-corrected chi connectivity index (χ3v) is 2.83. The average Bonchev–Trinajstić information content (AvgIpc) is 2.72. The smallest absolute Gasteiger partial charge is 0.253 e. The second-order valence-electron chi connectivity index (χ2n) is 4.03. The summed E-state index contributed by atoms with van der Waals surface area (Å²) >= 11 is 0. The van der Waals surface area contributed by atoms with E-state index in [9.17, 15) is 4.79 Å². The van der Waals surface area contributed by atoms with Crippen LogP contribution in [-0.4, -0.2) is 17.8 Å². The Kier molecular flexibility index (Phi) is 2.09. The highest BCUT2D eigenvalue weighted by Gasteiger charge is 2.25. The molecule has 0 aliphatic carbocycles. The van der Waals surface area contributed by atoms with Crippen molar-refractivity contribution in [3.05, 3.63) is 34.1 Å². The molecule has 0 saturated heterocycles. The van der Waals surface area contributed by atoms with E-state index in [2.05, 4.69) is 4.98 Å². The summed E-state index contributed by atoms with van der Waals surface area (Å²) in [6.45, 7) is 2.20. The van der Waals surface area contributed by atoms with Gasteiger partial charge in [-0.2, -0.15) is 0 Å². The topological polar surface area (TPSA) is 77.3 Å². The molecule has 1 aromatic carbocycles. The Balaban J connectivity index is 2.30. The number of aromatic nitrogens is 1. The molecule has 1 unspecified atom stereocenters. The molecule has 0 radical (unpaired) electrons. The van der Waals surface area contributed by atoms with Crippen molar-refractivity contribution in [2.24, 2.45) is 5.73 Å². The second-order valence-corrected chi connectivity index (χ2v) is 4.03. The summed E-state index contributed by atoms with van der Waals surface area (Å²) in [6, 6.07) is 5.06. The Morgan fingerprint density at radius 2 is 2.24 bits per heavy atom. The number of hydrogen-bond donors (Lipinski definition) is 2. The number of benzene rings is 1. The first-order valence-electron chi connectivity index (χ1n) is 5.39. The van der Waals surface area contributed by atoms with Gasteiger partial charge in [-0.25, -0.2) is 0 Å². The summed E-state index contributed by atoms with van der Waals surface area (Å²) in [5.74, 6) is 1.33. The summed E-state index contributed by atoms with van der Waals surface area (Å²) in [7, 11) is 0. The zero-order valence-corrected chi connectivity index (χ0v) is 9.32. The zero-order valence-electron chi connectivity index (χ0n) is 9.32. The van der Waals surface area contributed by atoms with Crippen LogP contribution < -0.4 is 20.8 Å². The first-order chi connectivity index (χ1) is 8.19. The Labute approximate surface area is 97.2 Å². The third kappa shape index (κ3) is 1.47. The molecular formula is C12H12N2O3. The molecule has 88 valence electrons. The predicted molar refractivity (Wildman–Crippen MR) is 63.4 cm³/mol. The number of ether oxygens (including phenoxy) is 2. The highest BCUT2D eigenvalue weighted by atomic mass is 16.7. The number of aryl methyl sites for hydroxylation is 1. The van der Waals surface area contributed by atoms with Crippen molar-refractivity contribution in [1.29, 1.82) is 0 Å². The van der Waals surface area contributed by atoms with Crippen molar-refractivity contribution >= 4 is 10.9 Å². The highest BCUT2D eigenvalue weighted by molar-refractivity contribution is 5.90. The normalized spacial score (nSPS) is 17.6. The predicted octanol–water partition coefficient (Wildman–Crippen LogP) is 0.893. The van der Waals surface area contributed by atoms with E-state index in [1.165, 1.54) is 6.07 Å². The Morgan fingerprint density at radius 1 is 1.41 bits per heavy atom. The number of hydrogen-bond acceptors (Lipinski definition) is 4. The number of H-pyrrole nitrogens is 1. The van der Waals surface area contributed by atoms with E-state index in [1.807, 2.05) is 13.0 Å². The van der Waals surface area contributed by atoms with E-state index < -0.39 is 6.29 Å². The van der Waals surface area contributed by atoms with Gasteiger partial charge in [-0.15, -0.1) is 0 Å². The Bertz CT molecular complexity index is 648. The van der Waals surface area contributed by atoms with Crippen LogP contribution in [0.5, 0.6) is 11.5 Å². The minimum absolute atomic E-state index is 0.130. The largest absolute Gasteiger partial charge is 0.450 e. The molecule has 3 N–H and O–H groups in total. The van der Waals surface area contributed by atoms with Crippen LogP contribution in [0.1, 0.15) is 5.56 Å². The highest BCUT2D eigenvalue weighted by Crippen LogP contribution is 2.41. The van der Waals surface area contributed by atoms with Gasteiger partial charge >= 0.3 is 0 Å².